The van der Waals surface area contributed by atoms with Crippen molar-refractivity contribution < 1.29 is 19.5 Å². The third kappa shape index (κ3) is 5.99. The summed E-state index contributed by atoms with van der Waals surface area (Å²) in [6.45, 7) is 1.78. The summed E-state index contributed by atoms with van der Waals surface area (Å²) in [5.74, 6) is -0.774. The number of rotatable bonds is 8. The number of carbonyl (C=O) groups is 3. The minimum absolute atomic E-state index is 0.131. The molecular formula is C23H26N2O4. The Labute approximate surface area is 170 Å². The fraction of sp³-hybridized carbons (Fsp3) is 0.348. The van der Waals surface area contributed by atoms with E-state index in [1.807, 2.05) is 18.2 Å². The molecule has 2 N–H and O–H groups in total. The summed E-state index contributed by atoms with van der Waals surface area (Å²) in [4.78, 5) is 38.3. The van der Waals surface area contributed by atoms with E-state index in [9.17, 15) is 14.4 Å². The molecule has 6 nitrogen and oxygen atoms in total. The highest BCUT2D eigenvalue weighted by molar-refractivity contribution is 6.13. The number of para-hydroxylation sites is 1. The van der Waals surface area contributed by atoms with Crippen molar-refractivity contribution in [2.24, 2.45) is 5.92 Å². The van der Waals surface area contributed by atoms with Crippen LogP contribution in [0.15, 0.2) is 54.6 Å². The molecular weight excluding hydrogens is 368 g/mol. The molecule has 0 aromatic heterocycles. The molecule has 1 heterocycles. The number of piperidine rings is 1. The predicted octanol–water partition coefficient (Wildman–Crippen LogP) is 3.43. The van der Waals surface area contributed by atoms with Gasteiger partial charge in [0.05, 0.1) is 12.2 Å². The highest BCUT2D eigenvalue weighted by Gasteiger charge is 2.23. The van der Waals surface area contributed by atoms with Crippen molar-refractivity contribution >= 4 is 23.3 Å². The quantitative estimate of drug-likeness (QED) is 0.670. The average Bonchev–Trinajstić information content (AvgIpc) is 2.73. The molecule has 1 atom stereocenters. The first kappa shape index (κ1) is 20.7. The summed E-state index contributed by atoms with van der Waals surface area (Å²) in [5.41, 5.74) is 1.54. The van der Waals surface area contributed by atoms with Crippen molar-refractivity contribution in [3.8, 4) is 0 Å². The zero-order valence-corrected chi connectivity index (χ0v) is 16.3. The van der Waals surface area contributed by atoms with E-state index < -0.39 is 5.97 Å². The van der Waals surface area contributed by atoms with Crippen LogP contribution in [0.5, 0.6) is 0 Å². The number of carbonyl (C=O) groups excluding carboxylic acids is 2. The van der Waals surface area contributed by atoms with Gasteiger partial charge in [-0.15, -0.1) is 0 Å². The molecule has 1 saturated heterocycles. The Bertz CT molecular complexity index is 866. The lowest BCUT2D eigenvalue weighted by Gasteiger charge is -2.32. The first-order valence-corrected chi connectivity index (χ1v) is 9.95. The van der Waals surface area contributed by atoms with Crippen molar-refractivity contribution in [2.75, 3.05) is 25.0 Å². The predicted molar refractivity (Wildman–Crippen MR) is 111 cm³/mol. The summed E-state index contributed by atoms with van der Waals surface area (Å²) < 4.78 is 0. The van der Waals surface area contributed by atoms with Gasteiger partial charge in [0.1, 0.15) is 0 Å². The average molecular weight is 394 g/mol. The lowest BCUT2D eigenvalue weighted by atomic mass is 9.93. The first-order valence-electron chi connectivity index (χ1n) is 9.95. The molecule has 0 spiro atoms. The summed E-state index contributed by atoms with van der Waals surface area (Å²) in [6.07, 6.45) is 2.77. The van der Waals surface area contributed by atoms with Gasteiger partial charge in [0, 0.05) is 24.1 Å². The van der Waals surface area contributed by atoms with E-state index in [-0.39, 0.29) is 24.7 Å². The Morgan fingerprint density at radius 3 is 2.52 bits per heavy atom. The molecule has 1 fully saturated rings. The fourth-order valence-corrected chi connectivity index (χ4v) is 3.79. The molecule has 1 aliphatic rings. The lowest BCUT2D eigenvalue weighted by Crippen LogP contribution is -2.40. The van der Waals surface area contributed by atoms with Gasteiger partial charge in [-0.2, -0.15) is 0 Å². The molecule has 0 radical (unpaired) electrons. The van der Waals surface area contributed by atoms with Crippen LogP contribution in [-0.4, -0.2) is 47.3 Å². The van der Waals surface area contributed by atoms with E-state index in [0.29, 0.717) is 29.2 Å². The molecule has 1 aliphatic heterocycles. The number of carboxylic acids is 1. The topological polar surface area (TPSA) is 86.7 Å². The number of anilines is 1. The number of benzene rings is 2. The van der Waals surface area contributed by atoms with E-state index in [1.54, 1.807) is 36.4 Å². The fourth-order valence-electron chi connectivity index (χ4n) is 3.79. The van der Waals surface area contributed by atoms with E-state index >= 15 is 0 Å². The molecule has 2 aromatic rings. The molecule has 6 heteroatoms. The number of hydrogen-bond donors (Lipinski definition) is 2. The van der Waals surface area contributed by atoms with Crippen LogP contribution in [0, 0.1) is 5.92 Å². The Morgan fingerprint density at radius 2 is 1.76 bits per heavy atom. The first-order chi connectivity index (χ1) is 14.0. The van der Waals surface area contributed by atoms with Crippen LogP contribution in [-0.2, 0) is 9.59 Å². The lowest BCUT2D eigenvalue weighted by molar-refractivity contribution is -0.137. The van der Waals surface area contributed by atoms with Crippen LogP contribution < -0.4 is 5.32 Å². The van der Waals surface area contributed by atoms with Crippen molar-refractivity contribution in [2.45, 2.75) is 25.7 Å². The maximum absolute atomic E-state index is 12.8. The molecule has 2 aromatic carbocycles. The van der Waals surface area contributed by atoms with Gasteiger partial charge in [-0.1, -0.05) is 42.5 Å². The molecule has 0 bridgehead atoms. The van der Waals surface area contributed by atoms with Crippen LogP contribution in [0.25, 0.3) is 0 Å². The van der Waals surface area contributed by atoms with E-state index in [0.717, 1.165) is 25.9 Å². The summed E-state index contributed by atoms with van der Waals surface area (Å²) >= 11 is 0. The SMILES string of the molecule is O=C(O)CCC1CCCN(CC(=O)Nc2ccccc2C(=O)c2ccccc2)C1. The van der Waals surface area contributed by atoms with Gasteiger partial charge in [-0.3, -0.25) is 19.3 Å². The van der Waals surface area contributed by atoms with Crippen molar-refractivity contribution in [1.82, 2.24) is 4.90 Å². The van der Waals surface area contributed by atoms with Gasteiger partial charge in [0.25, 0.3) is 0 Å². The number of ketones is 1. The molecule has 1 unspecified atom stereocenters. The number of nitrogens with one attached hydrogen (secondary N) is 1. The summed E-state index contributed by atoms with van der Waals surface area (Å²) in [7, 11) is 0. The summed E-state index contributed by atoms with van der Waals surface area (Å²) in [6, 6.07) is 16.0. The van der Waals surface area contributed by atoms with Crippen molar-refractivity contribution in [3.05, 3.63) is 65.7 Å². The second kappa shape index (κ2) is 9.98. The van der Waals surface area contributed by atoms with E-state index in [2.05, 4.69) is 10.2 Å². The second-order valence-electron chi connectivity index (χ2n) is 7.46. The minimum Gasteiger partial charge on any atom is -0.481 e. The Kier molecular flexibility index (Phi) is 7.14. The van der Waals surface area contributed by atoms with Gasteiger partial charge < -0.3 is 10.4 Å². The zero-order valence-electron chi connectivity index (χ0n) is 16.3. The Balaban J connectivity index is 1.61. The standard InChI is InChI=1S/C23H26N2O4/c26-21(16-25-14-6-7-17(15-25)12-13-22(27)28)24-20-11-5-4-10-19(20)23(29)18-8-2-1-3-9-18/h1-5,8-11,17H,6-7,12-16H2,(H,24,26)(H,27,28). The van der Waals surface area contributed by atoms with Crippen LogP contribution in [0.2, 0.25) is 0 Å². The maximum atomic E-state index is 12.8. The number of carboxylic acid groups (broad SMARTS) is 1. The van der Waals surface area contributed by atoms with E-state index in [4.69, 9.17) is 5.11 Å². The number of aliphatic carboxylic acids is 1. The molecule has 0 aliphatic carbocycles. The zero-order chi connectivity index (χ0) is 20.6. The number of nitrogens with zero attached hydrogens (tertiary/aromatic N) is 1. The number of amides is 1. The van der Waals surface area contributed by atoms with E-state index in [1.165, 1.54) is 0 Å². The Hall–Kier alpha value is -2.99. The Morgan fingerprint density at radius 1 is 1.03 bits per heavy atom. The molecule has 3 rings (SSSR count). The second-order valence-corrected chi connectivity index (χ2v) is 7.46. The highest BCUT2D eigenvalue weighted by Crippen LogP contribution is 2.22. The van der Waals surface area contributed by atoms with Gasteiger partial charge in [0.2, 0.25) is 5.91 Å². The molecule has 0 saturated carbocycles. The number of hydrogen-bond acceptors (Lipinski definition) is 4. The van der Waals surface area contributed by atoms with Crippen LogP contribution in [0.3, 0.4) is 0 Å². The molecule has 1 amide bonds. The third-order valence-corrected chi connectivity index (χ3v) is 5.22. The number of likely N-dealkylation sites (tertiary alicyclic amines) is 1. The van der Waals surface area contributed by atoms with Gasteiger partial charge in [0.15, 0.2) is 5.78 Å². The van der Waals surface area contributed by atoms with Crippen LogP contribution >= 0.6 is 0 Å². The largest absolute Gasteiger partial charge is 0.481 e. The van der Waals surface area contributed by atoms with Crippen LogP contribution in [0.1, 0.15) is 41.6 Å². The van der Waals surface area contributed by atoms with Crippen molar-refractivity contribution in [3.63, 3.8) is 0 Å². The molecule has 29 heavy (non-hydrogen) atoms. The highest BCUT2D eigenvalue weighted by atomic mass is 16.4. The minimum atomic E-state index is -0.778. The third-order valence-electron chi connectivity index (χ3n) is 5.22. The maximum Gasteiger partial charge on any atom is 0.303 e. The smallest absolute Gasteiger partial charge is 0.303 e. The van der Waals surface area contributed by atoms with Gasteiger partial charge >= 0.3 is 5.97 Å². The van der Waals surface area contributed by atoms with Crippen molar-refractivity contribution in [1.29, 1.82) is 0 Å². The molecule has 152 valence electrons. The normalized spacial score (nSPS) is 16.9. The monoisotopic (exact) mass is 394 g/mol. The van der Waals surface area contributed by atoms with Gasteiger partial charge in [-0.05, 0) is 43.9 Å². The summed E-state index contributed by atoms with van der Waals surface area (Å²) in [5, 5.41) is 11.7. The van der Waals surface area contributed by atoms with Crippen LogP contribution in [0.4, 0.5) is 5.69 Å². The van der Waals surface area contributed by atoms with Gasteiger partial charge in [-0.25, -0.2) is 0 Å².